The highest BCUT2D eigenvalue weighted by atomic mass is 16.5. The predicted molar refractivity (Wildman–Crippen MR) is 147 cm³/mol. The maximum absolute atomic E-state index is 13.4. The Morgan fingerprint density at radius 3 is 2.21 bits per heavy atom. The van der Waals surface area contributed by atoms with E-state index in [1.54, 1.807) is 12.3 Å². The molecule has 0 radical (unpaired) electrons. The third-order valence-corrected chi connectivity index (χ3v) is 6.21. The molecule has 190 valence electrons. The van der Waals surface area contributed by atoms with Crippen LogP contribution in [0, 0.1) is 0 Å². The number of H-pyrrole nitrogens is 1. The lowest BCUT2D eigenvalue weighted by atomic mass is 10.0. The zero-order valence-electron chi connectivity index (χ0n) is 20.8. The lowest BCUT2D eigenvalue weighted by Gasteiger charge is -2.19. The largest absolute Gasteiger partial charge is 0.457 e. The van der Waals surface area contributed by atoms with Gasteiger partial charge in [0.05, 0.1) is 13.2 Å². The molecule has 0 bridgehead atoms. The third kappa shape index (κ3) is 6.35. The molecule has 1 atom stereocenters. The summed E-state index contributed by atoms with van der Waals surface area (Å²) in [6.45, 7) is 0.414. The van der Waals surface area contributed by atoms with Gasteiger partial charge in [-0.2, -0.15) is 0 Å². The molecule has 5 aromatic rings. The number of Topliss-reactive ketones (excluding diaryl/α,β-unsaturated/α-hetero) is 1. The fourth-order valence-corrected chi connectivity index (χ4v) is 4.23. The molecule has 0 fully saturated rings. The zero-order chi connectivity index (χ0) is 26.2. The minimum atomic E-state index is -0.805. The van der Waals surface area contributed by atoms with Crippen molar-refractivity contribution in [1.29, 1.82) is 0 Å². The Hall–Kier alpha value is -4.68. The summed E-state index contributed by atoms with van der Waals surface area (Å²) in [4.78, 5) is 29.7. The highest BCUT2D eigenvalue weighted by Crippen LogP contribution is 2.22. The molecule has 0 aliphatic carbocycles. The Balaban J connectivity index is 1.27. The first-order chi connectivity index (χ1) is 18.7. The van der Waals surface area contributed by atoms with Crippen LogP contribution in [0.2, 0.25) is 0 Å². The number of benzene rings is 4. The van der Waals surface area contributed by atoms with Crippen molar-refractivity contribution in [3.63, 3.8) is 0 Å². The van der Waals surface area contributed by atoms with E-state index in [-0.39, 0.29) is 24.7 Å². The summed E-state index contributed by atoms with van der Waals surface area (Å²) in [7, 11) is 0. The van der Waals surface area contributed by atoms with Crippen LogP contribution in [0.5, 0.6) is 11.5 Å². The molecular formula is C32H28N2O4. The molecule has 1 heterocycles. The number of rotatable bonds is 11. The molecule has 0 aliphatic heterocycles. The van der Waals surface area contributed by atoms with E-state index in [1.807, 2.05) is 103 Å². The second-order valence-electron chi connectivity index (χ2n) is 8.97. The van der Waals surface area contributed by atoms with Gasteiger partial charge in [0.25, 0.3) is 5.91 Å². The van der Waals surface area contributed by atoms with E-state index in [0.717, 1.165) is 27.8 Å². The molecule has 0 aliphatic rings. The third-order valence-electron chi connectivity index (χ3n) is 6.21. The lowest BCUT2D eigenvalue weighted by molar-refractivity contribution is -0.121. The van der Waals surface area contributed by atoms with E-state index in [9.17, 15) is 9.59 Å². The highest BCUT2D eigenvalue weighted by molar-refractivity contribution is 6.07. The Bertz CT molecular complexity index is 1500. The van der Waals surface area contributed by atoms with Crippen LogP contribution in [-0.2, 0) is 22.6 Å². The van der Waals surface area contributed by atoms with E-state index in [2.05, 4.69) is 10.3 Å². The molecule has 6 nitrogen and oxygen atoms in total. The first-order valence-electron chi connectivity index (χ1n) is 12.5. The first kappa shape index (κ1) is 25.0. The number of hydrogen-bond acceptors (Lipinski definition) is 4. The second kappa shape index (κ2) is 12.0. The zero-order valence-corrected chi connectivity index (χ0v) is 20.8. The number of nitrogens with one attached hydrogen (secondary N) is 2. The summed E-state index contributed by atoms with van der Waals surface area (Å²) < 4.78 is 11.7. The molecule has 0 saturated carbocycles. The topological polar surface area (TPSA) is 80.4 Å². The van der Waals surface area contributed by atoms with Gasteiger partial charge < -0.3 is 19.8 Å². The Morgan fingerprint density at radius 2 is 1.45 bits per heavy atom. The van der Waals surface area contributed by atoms with Crippen LogP contribution in [-0.4, -0.2) is 29.3 Å². The maximum Gasteiger partial charge on any atom is 0.252 e. The summed E-state index contributed by atoms with van der Waals surface area (Å²) in [6, 6.07) is 33.2. The van der Waals surface area contributed by atoms with Crippen molar-refractivity contribution in [1.82, 2.24) is 10.3 Å². The van der Waals surface area contributed by atoms with Gasteiger partial charge in [-0.05, 0) is 53.6 Å². The van der Waals surface area contributed by atoms with Crippen molar-refractivity contribution < 1.29 is 19.1 Å². The molecule has 0 spiro atoms. The molecular weight excluding hydrogens is 476 g/mol. The molecule has 6 heteroatoms. The average Bonchev–Trinajstić information content (AvgIpc) is 3.44. The fraction of sp³-hybridized carbons (Fsp3) is 0.125. The number of carbonyl (C=O) groups is 2. The number of amides is 1. The van der Waals surface area contributed by atoms with Crippen molar-refractivity contribution in [2.45, 2.75) is 19.1 Å². The molecule has 0 unspecified atom stereocenters. The minimum absolute atomic E-state index is 0.0672. The quantitative estimate of drug-likeness (QED) is 0.228. The molecule has 38 heavy (non-hydrogen) atoms. The van der Waals surface area contributed by atoms with Gasteiger partial charge in [0.15, 0.2) is 5.78 Å². The highest BCUT2D eigenvalue weighted by Gasteiger charge is 2.23. The van der Waals surface area contributed by atoms with Gasteiger partial charge >= 0.3 is 0 Å². The number of para-hydroxylation sites is 1. The van der Waals surface area contributed by atoms with Crippen LogP contribution in [0.15, 0.2) is 115 Å². The summed E-state index contributed by atoms with van der Waals surface area (Å²) in [6.07, 6.45) is 1.94. The first-order valence-corrected chi connectivity index (χ1v) is 12.5. The molecule has 4 aromatic carbocycles. The minimum Gasteiger partial charge on any atom is -0.457 e. The van der Waals surface area contributed by atoms with E-state index in [1.165, 1.54) is 0 Å². The number of ether oxygens (including phenoxy) is 2. The number of ketones is 1. The molecule has 1 amide bonds. The monoisotopic (exact) mass is 504 g/mol. The van der Waals surface area contributed by atoms with Crippen molar-refractivity contribution in [2.24, 2.45) is 0 Å². The average molecular weight is 505 g/mol. The number of aromatic amines is 1. The van der Waals surface area contributed by atoms with Crippen LogP contribution in [0.3, 0.4) is 0 Å². The van der Waals surface area contributed by atoms with Gasteiger partial charge in [0, 0.05) is 29.1 Å². The number of hydrogen-bond donors (Lipinski definition) is 2. The summed E-state index contributed by atoms with van der Waals surface area (Å²) in [5.74, 6) is 0.975. The standard InChI is InChI=1S/C32H28N2O4/c35-31(20-23-14-16-26(17-15-23)38-25-10-5-2-6-11-25)30(22-37-21-24-8-3-1-4-9-24)34-32(36)28-12-7-13-29-27(28)18-19-33-29/h1-19,30,33H,20-22H2,(H,34,36)/t30-/m0/s1. The van der Waals surface area contributed by atoms with Crippen LogP contribution in [0.25, 0.3) is 10.9 Å². The van der Waals surface area contributed by atoms with E-state index < -0.39 is 6.04 Å². The Kier molecular flexibility index (Phi) is 7.92. The van der Waals surface area contributed by atoms with Gasteiger partial charge in [0.2, 0.25) is 0 Å². The number of aromatic nitrogens is 1. The van der Waals surface area contributed by atoms with Crippen molar-refractivity contribution in [3.8, 4) is 11.5 Å². The van der Waals surface area contributed by atoms with Gasteiger partial charge in [-0.3, -0.25) is 9.59 Å². The Morgan fingerprint density at radius 1 is 0.737 bits per heavy atom. The molecule has 1 aromatic heterocycles. The normalized spacial score (nSPS) is 11.7. The smallest absolute Gasteiger partial charge is 0.252 e. The number of fused-ring (bicyclic) bond motifs is 1. The van der Waals surface area contributed by atoms with Crippen molar-refractivity contribution in [2.75, 3.05) is 6.61 Å². The SMILES string of the molecule is O=C(N[C@@H](COCc1ccccc1)C(=O)Cc1ccc(Oc2ccccc2)cc1)c1cccc2[nH]ccc12. The van der Waals surface area contributed by atoms with E-state index >= 15 is 0 Å². The van der Waals surface area contributed by atoms with Gasteiger partial charge in [-0.15, -0.1) is 0 Å². The van der Waals surface area contributed by atoms with Crippen LogP contribution in [0.4, 0.5) is 0 Å². The Labute approximate surface area is 221 Å². The van der Waals surface area contributed by atoms with E-state index in [0.29, 0.717) is 17.9 Å². The fourth-order valence-electron chi connectivity index (χ4n) is 4.23. The summed E-state index contributed by atoms with van der Waals surface area (Å²) >= 11 is 0. The van der Waals surface area contributed by atoms with E-state index in [4.69, 9.17) is 9.47 Å². The van der Waals surface area contributed by atoms with Crippen LogP contribution in [0.1, 0.15) is 21.5 Å². The lowest BCUT2D eigenvalue weighted by Crippen LogP contribution is -2.44. The summed E-state index contributed by atoms with van der Waals surface area (Å²) in [5.41, 5.74) is 3.19. The van der Waals surface area contributed by atoms with Crippen molar-refractivity contribution >= 4 is 22.6 Å². The maximum atomic E-state index is 13.4. The van der Waals surface area contributed by atoms with Crippen LogP contribution >= 0.6 is 0 Å². The second-order valence-corrected chi connectivity index (χ2v) is 8.97. The van der Waals surface area contributed by atoms with Gasteiger partial charge in [-0.25, -0.2) is 0 Å². The molecule has 2 N–H and O–H groups in total. The molecule has 5 rings (SSSR count). The summed E-state index contributed by atoms with van der Waals surface area (Å²) in [5, 5.41) is 3.71. The predicted octanol–water partition coefficient (Wildman–Crippen LogP) is 6.09. The molecule has 0 saturated heterocycles. The van der Waals surface area contributed by atoms with Crippen LogP contribution < -0.4 is 10.1 Å². The van der Waals surface area contributed by atoms with Gasteiger partial charge in [0.1, 0.15) is 17.5 Å². The van der Waals surface area contributed by atoms with Gasteiger partial charge in [-0.1, -0.05) is 66.7 Å². The van der Waals surface area contributed by atoms with Crippen molar-refractivity contribution in [3.05, 3.63) is 132 Å². The number of carbonyl (C=O) groups excluding carboxylic acids is 2.